The van der Waals surface area contributed by atoms with E-state index < -0.39 is 10.0 Å². The third-order valence-electron chi connectivity index (χ3n) is 4.91. The monoisotopic (exact) mass is 485 g/mol. The number of hydrogen-bond acceptors (Lipinski definition) is 5. The third-order valence-corrected chi connectivity index (χ3v) is 7.96. The fraction of sp³-hybridized carbons (Fsp3) is 0.130. The highest BCUT2D eigenvalue weighted by Gasteiger charge is 2.23. The zero-order valence-corrected chi connectivity index (χ0v) is 19.8. The van der Waals surface area contributed by atoms with Crippen LogP contribution in [0.4, 0.5) is 10.8 Å². The Morgan fingerprint density at radius 2 is 1.78 bits per heavy atom. The number of para-hydroxylation sites is 1. The number of nitrogens with zero attached hydrogens (tertiary/aromatic N) is 2. The van der Waals surface area contributed by atoms with Gasteiger partial charge in [0.25, 0.3) is 15.9 Å². The Kier molecular flexibility index (Phi) is 6.19. The third kappa shape index (κ3) is 4.34. The largest absolute Gasteiger partial charge is 0.298 e. The first-order valence-electron chi connectivity index (χ1n) is 9.85. The van der Waals surface area contributed by atoms with Gasteiger partial charge in [0.2, 0.25) is 0 Å². The van der Waals surface area contributed by atoms with Crippen molar-refractivity contribution in [3.63, 3.8) is 0 Å². The van der Waals surface area contributed by atoms with Crippen molar-refractivity contribution < 1.29 is 13.2 Å². The van der Waals surface area contributed by atoms with E-state index in [0.29, 0.717) is 21.4 Å². The lowest BCUT2D eigenvalue weighted by Gasteiger charge is -2.22. The Morgan fingerprint density at radius 3 is 2.44 bits per heavy atom. The summed E-state index contributed by atoms with van der Waals surface area (Å²) in [6.07, 6.45) is 0. The maximum Gasteiger partial charge on any atom is 0.264 e. The van der Waals surface area contributed by atoms with Crippen molar-refractivity contribution in [3.8, 4) is 0 Å². The van der Waals surface area contributed by atoms with Crippen LogP contribution >= 0.6 is 22.9 Å². The van der Waals surface area contributed by atoms with Crippen molar-refractivity contribution in [3.05, 3.63) is 82.9 Å². The number of fused-ring (bicyclic) bond motifs is 1. The average molecular weight is 486 g/mol. The number of anilines is 2. The molecular formula is C23H20ClN3O3S2. The molecule has 4 rings (SSSR count). The van der Waals surface area contributed by atoms with E-state index in [4.69, 9.17) is 11.6 Å². The van der Waals surface area contributed by atoms with Gasteiger partial charge in [-0.2, -0.15) is 0 Å². The summed E-state index contributed by atoms with van der Waals surface area (Å²) in [6.45, 7) is 3.97. The van der Waals surface area contributed by atoms with Gasteiger partial charge in [-0.1, -0.05) is 41.1 Å². The molecule has 0 unspecified atom stereocenters. The number of aryl methyl sites for hydroxylation is 1. The van der Waals surface area contributed by atoms with Crippen LogP contribution < -0.4 is 9.62 Å². The topological polar surface area (TPSA) is 79.4 Å². The summed E-state index contributed by atoms with van der Waals surface area (Å²) in [5.74, 6) is -0.368. The second-order valence-corrected chi connectivity index (χ2v) is 10.4. The molecule has 0 aliphatic carbocycles. The van der Waals surface area contributed by atoms with Crippen LogP contribution in [0.3, 0.4) is 0 Å². The SMILES string of the molecule is CCN(c1ccccc1)S(=O)(=O)c1ccc(C(=O)Nc2nc3c(C)cc(Cl)cc3s2)cc1. The number of sulfonamides is 1. The zero-order chi connectivity index (χ0) is 22.9. The van der Waals surface area contributed by atoms with Crippen LogP contribution in [0, 0.1) is 6.92 Å². The Balaban J connectivity index is 1.55. The summed E-state index contributed by atoms with van der Waals surface area (Å²) in [6, 6.07) is 18.4. The van der Waals surface area contributed by atoms with E-state index in [0.717, 1.165) is 15.8 Å². The van der Waals surface area contributed by atoms with E-state index >= 15 is 0 Å². The molecule has 4 aromatic rings. The van der Waals surface area contributed by atoms with E-state index in [1.54, 1.807) is 31.2 Å². The quantitative estimate of drug-likeness (QED) is 0.378. The molecule has 1 amide bonds. The Labute approximate surface area is 195 Å². The minimum absolute atomic E-state index is 0.116. The van der Waals surface area contributed by atoms with Gasteiger partial charge < -0.3 is 0 Å². The fourth-order valence-electron chi connectivity index (χ4n) is 3.37. The standard InChI is InChI=1S/C23H20ClN3O3S2/c1-3-27(18-7-5-4-6-8-18)32(29,30)19-11-9-16(10-12-19)22(28)26-23-25-21-15(2)13-17(24)14-20(21)31-23/h4-14H,3H2,1-2H3,(H,25,26,28). The summed E-state index contributed by atoms with van der Waals surface area (Å²) in [5.41, 5.74) is 2.64. The minimum Gasteiger partial charge on any atom is -0.298 e. The van der Waals surface area contributed by atoms with Gasteiger partial charge in [0, 0.05) is 17.1 Å². The van der Waals surface area contributed by atoms with Gasteiger partial charge in [-0.3, -0.25) is 14.4 Å². The Morgan fingerprint density at radius 1 is 1.09 bits per heavy atom. The second-order valence-electron chi connectivity index (χ2n) is 7.07. The van der Waals surface area contributed by atoms with E-state index in [1.807, 2.05) is 25.1 Å². The molecular weight excluding hydrogens is 466 g/mol. The van der Waals surface area contributed by atoms with Gasteiger partial charge in [0.15, 0.2) is 5.13 Å². The van der Waals surface area contributed by atoms with E-state index in [9.17, 15) is 13.2 Å². The van der Waals surface area contributed by atoms with Gasteiger partial charge in [0.05, 0.1) is 20.8 Å². The van der Waals surface area contributed by atoms with E-state index in [2.05, 4.69) is 10.3 Å². The molecule has 0 aliphatic rings. The van der Waals surface area contributed by atoms with Crippen molar-refractivity contribution in [2.75, 3.05) is 16.2 Å². The Bertz CT molecular complexity index is 1390. The fourth-order valence-corrected chi connectivity index (χ4v) is 6.16. The van der Waals surface area contributed by atoms with Crippen molar-refractivity contribution in [1.29, 1.82) is 0 Å². The average Bonchev–Trinajstić information content (AvgIpc) is 3.17. The molecule has 1 aromatic heterocycles. The van der Waals surface area contributed by atoms with Gasteiger partial charge in [-0.25, -0.2) is 13.4 Å². The Hall–Kier alpha value is -2.94. The molecule has 0 bridgehead atoms. The van der Waals surface area contributed by atoms with Crippen molar-refractivity contribution in [2.24, 2.45) is 0 Å². The zero-order valence-electron chi connectivity index (χ0n) is 17.4. The molecule has 0 spiro atoms. The highest BCUT2D eigenvalue weighted by molar-refractivity contribution is 7.92. The van der Waals surface area contributed by atoms with Crippen LogP contribution in [0.25, 0.3) is 10.2 Å². The highest BCUT2D eigenvalue weighted by Crippen LogP contribution is 2.31. The second kappa shape index (κ2) is 8.90. The maximum absolute atomic E-state index is 13.1. The van der Waals surface area contributed by atoms with Gasteiger partial charge in [0.1, 0.15) is 0 Å². The van der Waals surface area contributed by atoms with Gasteiger partial charge in [-0.15, -0.1) is 0 Å². The molecule has 0 saturated heterocycles. The first kappa shape index (κ1) is 22.3. The number of carbonyl (C=O) groups excluding carboxylic acids is 1. The van der Waals surface area contributed by atoms with Crippen LogP contribution in [-0.2, 0) is 10.0 Å². The van der Waals surface area contributed by atoms with Crippen LogP contribution in [-0.4, -0.2) is 25.9 Å². The first-order chi connectivity index (χ1) is 15.3. The molecule has 1 N–H and O–H groups in total. The molecule has 1 heterocycles. The number of halogens is 1. The van der Waals surface area contributed by atoms with Crippen molar-refractivity contribution in [1.82, 2.24) is 4.98 Å². The summed E-state index contributed by atoms with van der Waals surface area (Å²) in [4.78, 5) is 17.3. The molecule has 0 atom stereocenters. The lowest BCUT2D eigenvalue weighted by atomic mass is 10.2. The summed E-state index contributed by atoms with van der Waals surface area (Å²) >= 11 is 7.43. The van der Waals surface area contributed by atoms with Crippen LogP contribution in [0.5, 0.6) is 0 Å². The number of thiazole rings is 1. The summed E-state index contributed by atoms with van der Waals surface area (Å²) in [7, 11) is -3.75. The lowest BCUT2D eigenvalue weighted by Crippen LogP contribution is -2.30. The van der Waals surface area contributed by atoms with E-state index in [1.165, 1.54) is 39.9 Å². The van der Waals surface area contributed by atoms with Crippen LogP contribution in [0.1, 0.15) is 22.8 Å². The van der Waals surface area contributed by atoms with Crippen LogP contribution in [0.15, 0.2) is 71.6 Å². The number of aromatic nitrogens is 1. The molecule has 164 valence electrons. The molecule has 32 heavy (non-hydrogen) atoms. The summed E-state index contributed by atoms with van der Waals surface area (Å²) < 4.78 is 28.4. The lowest BCUT2D eigenvalue weighted by molar-refractivity contribution is 0.102. The van der Waals surface area contributed by atoms with Crippen molar-refractivity contribution >= 4 is 59.9 Å². The molecule has 0 saturated carbocycles. The molecule has 0 fully saturated rings. The molecule has 9 heteroatoms. The normalized spacial score (nSPS) is 11.5. The summed E-state index contributed by atoms with van der Waals surface area (Å²) in [5, 5.41) is 3.85. The number of nitrogens with one attached hydrogen (secondary N) is 1. The predicted molar refractivity (Wildman–Crippen MR) is 130 cm³/mol. The van der Waals surface area contributed by atoms with Gasteiger partial charge in [-0.05, 0) is 67.9 Å². The molecule has 0 radical (unpaired) electrons. The predicted octanol–water partition coefficient (Wildman–Crippen LogP) is 5.73. The highest BCUT2D eigenvalue weighted by atomic mass is 35.5. The maximum atomic E-state index is 13.1. The van der Waals surface area contributed by atoms with Crippen molar-refractivity contribution in [2.45, 2.75) is 18.7 Å². The van der Waals surface area contributed by atoms with Crippen LogP contribution in [0.2, 0.25) is 5.02 Å². The first-order valence-corrected chi connectivity index (χ1v) is 12.5. The van der Waals surface area contributed by atoms with Gasteiger partial charge >= 0.3 is 0 Å². The number of hydrogen-bond donors (Lipinski definition) is 1. The number of rotatable bonds is 6. The molecule has 6 nitrogen and oxygen atoms in total. The number of carbonyl (C=O) groups is 1. The number of benzene rings is 3. The molecule has 0 aliphatic heterocycles. The number of amides is 1. The minimum atomic E-state index is -3.75. The molecule has 3 aromatic carbocycles. The van der Waals surface area contributed by atoms with E-state index in [-0.39, 0.29) is 17.3 Å². The smallest absolute Gasteiger partial charge is 0.264 e.